The number of carbonyl (C=O) groups is 1. The second kappa shape index (κ2) is 10.00. The van der Waals surface area contributed by atoms with Crippen LogP contribution in [0.5, 0.6) is 11.5 Å². The van der Waals surface area contributed by atoms with Gasteiger partial charge in [0.1, 0.15) is 23.1 Å². The van der Waals surface area contributed by atoms with E-state index in [1.165, 1.54) is 0 Å². The summed E-state index contributed by atoms with van der Waals surface area (Å²) < 4.78 is 5.93. The highest BCUT2D eigenvalue weighted by atomic mass is 35.5. The van der Waals surface area contributed by atoms with Gasteiger partial charge in [-0.3, -0.25) is 9.69 Å². The maximum absolute atomic E-state index is 12.8. The van der Waals surface area contributed by atoms with Crippen LogP contribution in [0, 0.1) is 25.2 Å². The van der Waals surface area contributed by atoms with Crippen LogP contribution in [-0.4, -0.2) is 47.9 Å². The van der Waals surface area contributed by atoms with Gasteiger partial charge < -0.3 is 9.64 Å². The zero-order chi connectivity index (χ0) is 22.5. The number of ether oxygens (including phenoxy) is 1. The molecule has 0 bridgehead atoms. The number of hydrogen-bond acceptors (Lipinski definition) is 4. The number of nitrogens with zero attached hydrogens (tertiary/aromatic N) is 3. The molecule has 0 saturated carbocycles. The standard InChI is InChI=1S/C25H28ClN3O2/c1-17(2)28-9-11-29(12-10-28)25(30)21(16-27)15-20-5-7-22(8-6-20)31-23-13-18(3)24(26)19(4)14-23/h5-8,13-15,17H,9-12H2,1-4H3/b21-15+. The van der Waals surface area contributed by atoms with Gasteiger partial charge in [-0.05, 0) is 74.7 Å². The molecule has 5 nitrogen and oxygen atoms in total. The number of benzene rings is 2. The molecule has 162 valence electrons. The third-order valence-corrected chi connectivity index (χ3v) is 6.12. The summed E-state index contributed by atoms with van der Waals surface area (Å²) in [6, 6.07) is 13.7. The van der Waals surface area contributed by atoms with Gasteiger partial charge in [0.15, 0.2) is 0 Å². The molecule has 0 aromatic heterocycles. The predicted molar refractivity (Wildman–Crippen MR) is 124 cm³/mol. The number of piperazine rings is 1. The number of rotatable bonds is 5. The molecular formula is C25H28ClN3O2. The maximum Gasteiger partial charge on any atom is 0.264 e. The van der Waals surface area contributed by atoms with Crippen LogP contribution in [-0.2, 0) is 4.79 Å². The molecule has 0 radical (unpaired) electrons. The minimum Gasteiger partial charge on any atom is -0.457 e. The summed E-state index contributed by atoms with van der Waals surface area (Å²) in [7, 11) is 0. The van der Waals surface area contributed by atoms with Crippen LogP contribution in [0.4, 0.5) is 0 Å². The summed E-state index contributed by atoms with van der Waals surface area (Å²) in [4.78, 5) is 16.9. The van der Waals surface area contributed by atoms with Gasteiger partial charge in [0.2, 0.25) is 0 Å². The maximum atomic E-state index is 12.8. The Morgan fingerprint density at radius 3 is 2.16 bits per heavy atom. The fourth-order valence-electron chi connectivity index (χ4n) is 3.65. The number of aryl methyl sites for hydroxylation is 2. The Bertz CT molecular complexity index is 991. The van der Waals surface area contributed by atoms with Gasteiger partial charge >= 0.3 is 0 Å². The second-order valence-electron chi connectivity index (χ2n) is 8.13. The van der Waals surface area contributed by atoms with E-state index in [1.54, 1.807) is 11.0 Å². The zero-order valence-corrected chi connectivity index (χ0v) is 19.2. The van der Waals surface area contributed by atoms with Crippen molar-refractivity contribution in [1.29, 1.82) is 5.26 Å². The van der Waals surface area contributed by atoms with Crippen LogP contribution in [0.1, 0.15) is 30.5 Å². The SMILES string of the molecule is Cc1cc(Oc2ccc(/C=C(\C#N)C(=O)N3CCN(C(C)C)CC3)cc2)cc(C)c1Cl. The Morgan fingerprint density at radius 2 is 1.65 bits per heavy atom. The van der Waals surface area contributed by atoms with Gasteiger partial charge in [-0.25, -0.2) is 0 Å². The summed E-state index contributed by atoms with van der Waals surface area (Å²) in [5.74, 6) is 1.18. The van der Waals surface area contributed by atoms with Crippen molar-refractivity contribution in [3.05, 3.63) is 63.7 Å². The highest BCUT2D eigenvalue weighted by molar-refractivity contribution is 6.32. The smallest absolute Gasteiger partial charge is 0.264 e. The first-order valence-corrected chi connectivity index (χ1v) is 10.9. The van der Waals surface area contributed by atoms with E-state index in [2.05, 4.69) is 24.8 Å². The lowest BCUT2D eigenvalue weighted by atomic mass is 10.1. The van der Waals surface area contributed by atoms with Crippen molar-refractivity contribution < 1.29 is 9.53 Å². The largest absolute Gasteiger partial charge is 0.457 e. The van der Waals surface area contributed by atoms with Gasteiger partial charge in [0, 0.05) is 37.2 Å². The van der Waals surface area contributed by atoms with Crippen molar-refractivity contribution in [2.45, 2.75) is 33.7 Å². The molecule has 0 aliphatic carbocycles. The number of halogens is 1. The van der Waals surface area contributed by atoms with E-state index in [1.807, 2.05) is 50.2 Å². The molecule has 1 heterocycles. The highest BCUT2D eigenvalue weighted by Crippen LogP contribution is 2.29. The average molecular weight is 438 g/mol. The van der Waals surface area contributed by atoms with Gasteiger partial charge in [0.25, 0.3) is 5.91 Å². The molecule has 1 fully saturated rings. The summed E-state index contributed by atoms with van der Waals surface area (Å²) in [6.07, 6.45) is 1.64. The van der Waals surface area contributed by atoms with E-state index in [4.69, 9.17) is 16.3 Å². The number of nitriles is 1. The van der Waals surface area contributed by atoms with E-state index in [9.17, 15) is 10.1 Å². The number of carbonyl (C=O) groups excluding carboxylic acids is 1. The monoisotopic (exact) mass is 437 g/mol. The topological polar surface area (TPSA) is 56.6 Å². The summed E-state index contributed by atoms with van der Waals surface area (Å²) in [5.41, 5.74) is 2.85. The Kier molecular flexibility index (Phi) is 7.37. The first kappa shape index (κ1) is 22.9. The lowest BCUT2D eigenvalue weighted by Crippen LogP contribution is -2.50. The van der Waals surface area contributed by atoms with Crippen molar-refractivity contribution in [3.63, 3.8) is 0 Å². The Labute approximate surface area is 189 Å². The third kappa shape index (κ3) is 5.66. The fraction of sp³-hybridized carbons (Fsp3) is 0.360. The lowest BCUT2D eigenvalue weighted by molar-refractivity contribution is -0.128. The van der Waals surface area contributed by atoms with Crippen molar-refractivity contribution in [3.8, 4) is 17.6 Å². The van der Waals surface area contributed by atoms with Gasteiger partial charge in [-0.15, -0.1) is 0 Å². The highest BCUT2D eigenvalue weighted by Gasteiger charge is 2.24. The molecule has 2 aromatic carbocycles. The third-order valence-electron chi connectivity index (χ3n) is 5.52. The molecule has 2 aromatic rings. The quantitative estimate of drug-likeness (QED) is 0.476. The summed E-state index contributed by atoms with van der Waals surface area (Å²) in [6.45, 7) is 11.1. The summed E-state index contributed by atoms with van der Waals surface area (Å²) in [5, 5.41) is 10.3. The first-order valence-electron chi connectivity index (χ1n) is 10.5. The molecule has 0 unspecified atom stereocenters. The first-order chi connectivity index (χ1) is 14.8. The van der Waals surface area contributed by atoms with Crippen LogP contribution in [0.15, 0.2) is 42.0 Å². The Morgan fingerprint density at radius 1 is 1.06 bits per heavy atom. The molecule has 0 N–H and O–H groups in total. The minimum atomic E-state index is -0.210. The molecule has 1 saturated heterocycles. The van der Waals surface area contributed by atoms with Crippen LogP contribution < -0.4 is 4.74 Å². The Hall–Kier alpha value is -2.81. The van der Waals surface area contributed by atoms with E-state index in [0.717, 1.165) is 40.6 Å². The van der Waals surface area contributed by atoms with Crippen molar-refractivity contribution in [2.24, 2.45) is 0 Å². The van der Waals surface area contributed by atoms with Crippen molar-refractivity contribution >= 4 is 23.6 Å². The van der Waals surface area contributed by atoms with E-state index < -0.39 is 0 Å². The molecule has 3 rings (SSSR count). The van der Waals surface area contributed by atoms with E-state index >= 15 is 0 Å². The second-order valence-corrected chi connectivity index (χ2v) is 8.51. The minimum absolute atomic E-state index is 0.149. The molecular weight excluding hydrogens is 410 g/mol. The van der Waals surface area contributed by atoms with Gasteiger partial charge in [-0.1, -0.05) is 23.7 Å². The van der Waals surface area contributed by atoms with Gasteiger partial charge in [0.05, 0.1) is 0 Å². The lowest BCUT2D eigenvalue weighted by Gasteiger charge is -2.36. The van der Waals surface area contributed by atoms with Crippen LogP contribution in [0.2, 0.25) is 5.02 Å². The molecule has 1 aliphatic rings. The van der Waals surface area contributed by atoms with Gasteiger partial charge in [-0.2, -0.15) is 5.26 Å². The van der Waals surface area contributed by atoms with E-state index in [-0.39, 0.29) is 11.5 Å². The van der Waals surface area contributed by atoms with Crippen LogP contribution >= 0.6 is 11.6 Å². The number of amides is 1. The molecule has 31 heavy (non-hydrogen) atoms. The van der Waals surface area contributed by atoms with Crippen molar-refractivity contribution in [2.75, 3.05) is 26.2 Å². The molecule has 1 aliphatic heterocycles. The molecule has 0 spiro atoms. The molecule has 0 atom stereocenters. The zero-order valence-electron chi connectivity index (χ0n) is 18.5. The number of hydrogen-bond donors (Lipinski definition) is 0. The predicted octanol–water partition coefficient (Wildman–Crippen LogP) is 5.21. The van der Waals surface area contributed by atoms with Crippen LogP contribution in [0.25, 0.3) is 6.08 Å². The summed E-state index contributed by atoms with van der Waals surface area (Å²) >= 11 is 6.22. The average Bonchev–Trinajstić information content (AvgIpc) is 2.76. The fourth-order valence-corrected chi connectivity index (χ4v) is 3.76. The van der Waals surface area contributed by atoms with Crippen molar-refractivity contribution in [1.82, 2.24) is 9.80 Å². The van der Waals surface area contributed by atoms with E-state index in [0.29, 0.717) is 24.9 Å². The van der Waals surface area contributed by atoms with Crippen LogP contribution in [0.3, 0.4) is 0 Å². The normalized spacial score (nSPS) is 15.1. The molecule has 1 amide bonds. The Balaban J connectivity index is 1.68. The molecule has 6 heteroatoms.